The molecule has 1 aliphatic rings. The highest BCUT2D eigenvalue weighted by molar-refractivity contribution is 7.90. The molecular weight excluding hydrogens is 392 g/mol. The average molecular weight is 419 g/mol. The average Bonchev–Trinajstić information content (AvgIpc) is 2.88. The Morgan fingerprint density at radius 1 is 1.14 bits per heavy atom. The molecule has 156 valence electrons. The number of benzene rings is 1. The molecule has 1 amide bonds. The van der Waals surface area contributed by atoms with Gasteiger partial charge in [0.15, 0.2) is 5.76 Å². The van der Waals surface area contributed by atoms with E-state index in [-0.39, 0.29) is 16.7 Å². The van der Waals surface area contributed by atoms with Crippen LogP contribution in [0.25, 0.3) is 0 Å². The smallest absolute Gasteiger partial charge is 0.262 e. The molecule has 1 aliphatic heterocycles. The van der Waals surface area contributed by atoms with E-state index < -0.39 is 10.0 Å². The standard InChI is InChI=1S/C20H26N4O4S/c1-13(2)19-18(14(3)23-28-19)20(25)22-15-8-10-16(11-9-15)29(26,27)24-17-7-5-4-6-12-21-17/h8-11,13H,4-7,12H2,1-3H3,(H,21,24)(H,22,25). The van der Waals surface area contributed by atoms with E-state index in [0.717, 1.165) is 19.3 Å². The summed E-state index contributed by atoms with van der Waals surface area (Å²) < 4.78 is 33.0. The van der Waals surface area contributed by atoms with Crippen LogP contribution in [0.15, 0.2) is 38.7 Å². The third-order valence-corrected chi connectivity index (χ3v) is 6.09. The molecule has 0 saturated heterocycles. The van der Waals surface area contributed by atoms with Gasteiger partial charge in [0.1, 0.15) is 11.4 Å². The zero-order chi connectivity index (χ0) is 21.0. The maximum absolute atomic E-state index is 12.6. The van der Waals surface area contributed by atoms with Crippen LogP contribution in [0.5, 0.6) is 0 Å². The molecule has 29 heavy (non-hydrogen) atoms. The van der Waals surface area contributed by atoms with E-state index in [2.05, 4.69) is 20.2 Å². The van der Waals surface area contributed by atoms with Gasteiger partial charge in [-0.1, -0.05) is 25.4 Å². The Morgan fingerprint density at radius 2 is 1.86 bits per heavy atom. The second-order valence-electron chi connectivity index (χ2n) is 7.39. The predicted octanol–water partition coefficient (Wildman–Crippen LogP) is 3.61. The molecule has 0 aliphatic carbocycles. The molecule has 0 unspecified atom stereocenters. The third kappa shape index (κ3) is 5.03. The molecular formula is C20H26N4O4S. The number of sulfonamides is 1. The molecule has 8 nitrogen and oxygen atoms in total. The van der Waals surface area contributed by atoms with Crippen molar-refractivity contribution in [1.82, 2.24) is 9.88 Å². The van der Waals surface area contributed by atoms with E-state index in [4.69, 9.17) is 4.52 Å². The lowest BCUT2D eigenvalue weighted by molar-refractivity contribution is 0.102. The van der Waals surface area contributed by atoms with Crippen molar-refractivity contribution in [2.75, 3.05) is 11.9 Å². The number of aromatic nitrogens is 1. The maximum atomic E-state index is 12.6. The maximum Gasteiger partial charge on any atom is 0.262 e. The number of aryl methyl sites for hydroxylation is 1. The van der Waals surface area contributed by atoms with Crippen molar-refractivity contribution in [3.8, 4) is 0 Å². The number of nitrogens with zero attached hydrogens (tertiary/aromatic N) is 2. The van der Waals surface area contributed by atoms with Gasteiger partial charge in [-0.05, 0) is 44.0 Å². The minimum absolute atomic E-state index is 0.0162. The number of nitrogens with one attached hydrogen (secondary N) is 2. The van der Waals surface area contributed by atoms with Gasteiger partial charge in [-0.15, -0.1) is 0 Å². The zero-order valence-corrected chi connectivity index (χ0v) is 17.7. The third-order valence-electron chi connectivity index (χ3n) is 4.69. The fourth-order valence-corrected chi connectivity index (χ4v) is 4.23. The van der Waals surface area contributed by atoms with E-state index in [1.165, 1.54) is 12.1 Å². The number of aliphatic imine (C=N–C) groups is 1. The van der Waals surface area contributed by atoms with Crippen LogP contribution in [0.2, 0.25) is 0 Å². The molecule has 0 bridgehead atoms. The second kappa shape index (κ2) is 8.77. The largest absolute Gasteiger partial charge is 0.360 e. The Balaban J connectivity index is 1.72. The van der Waals surface area contributed by atoms with E-state index in [1.807, 2.05) is 13.8 Å². The first-order valence-electron chi connectivity index (χ1n) is 9.71. The summed E-state index contributed by atoms with van der Waals surface area (Å²) in [5, 5.41) is 6.65. The van der Waals surface area contributed by atoms with Crippen LogP contribution in [-0.2, 0) is 10.0 Å². The van der Waals surface area contributed by atoms with E-state index in [1.54, 1.807) is 19.1 Å². The Bertz CT molecular complexity index is 1010. The van der Waals surface area contributed by atoms with Crippen molar-refractivity contribution in [1.29, 1.82) is 0 Å². The van der Waals surface area contributed by atoms with Gasteiger partial charge in [-0.2, -0.15) is 0 Å². The molecule has 0 radical (unpaired) electrons. The first-order chi connectivity index (χ1) is 13.8. The summed E-state index contributed by atoms with van der Waals surface area (Å²) in [6.45, 7) is 6.19. The first-order valence-corrected chi connectivity index (χ1v) is 11.2. The van der Waals surface area contributed by atoms with Gasteiger partial charge in [-0.25, -0.2) is 8.42 Å². The molecule has 1 aromatic carbocycles. The molecule has 2 aromatic rings. The van der Waals surface area contributed by atoms with E-state index >= 15 is 0 Å². The molecule has 0 fully saturated rings. The van der Waals surface area contributed by atoms with Crippen LogP contribution in [-0.4, -0.2) is 31.9 Å². The zero-order valence-electron chi connectivity index (χ0n) is 16.9. The van der Waals surface area contributed by atoms with Crippen molar-refractivity contribution in [2.45, 2.75) is 57.3 Å². The molecule has 2 heterocycles. The molecule has 0 atom stereocenters. The number of carbonyl (C=O) groups is 1. The topological polar surface area (TPSA) is 114 Å². The fourth-order valence-electron chi connectivity index (χ4n) is 3.14. The summed E-state index contributed by atoms with van der Waals surface area (Å²) in [5.41, 5.74) is 1.40. The number of hydrogen-bond acceptors (Lipinski definition) is 6. The van der Waals surface area contributed by atoms with Gasteiger partial charge in [0.25, 0.3) is 15.9 Å². The van der Waals surface area contributed by atoms with Crippen molar-refractivity contribution < 1.29 is 17.7 Å². The number of amides is 1. The Morgan fingerprint density at radius 3 is 2.55 bits per heavy atom. The Hall–Kier alpha value is -2.68. The van der Waals surface area contributed by atoms with Gasteiger partial charge in [0.05, 0.1) is 10.6 Å². The first kappa shape index (κ1) is 21.0. The number of hydrogen-bond donors (Lipinski definition) is 2. The molecule has 3 rings (SSSR count). The number of amidine groups is 1. The summed E-state index contributed by atoms with van der Waals surface area (Å²) in [5.74, 6) is 0.702. The predicted molar refractivity (Wildman–Crippen MR) is 111 cm³/mol. The van der Waals surface area contributed by atoms with Crippen molar-refractivity contribution >= 4 is 27.5 Å². The normalized spacial score (nSPS) is 15.0. The second-order valence-corrected chi connectivity index (χ2v) is 9.07. The highest BCUT2D eigenvalue weighted by atomic mass is 32.2. The van der Waals surface area contributed by atoms with E-state index in [9.17, 15) is 13.2 Å². The van der Waals surface area contributed by atoms with Crippen LogP contribution in [0, 0.1) is 6.92 Å². The molecule has 9 heteroatoms. The van der Waals surface area contributed by atoms with E-state index in [0.29, 0.717) is 41.5 Å². The van der Waals surface area contributed by atoms with Gasteiger partial charge >= 0.3 is 0 Å². The minimum atomic E-state index is -3.71. The van der Waals surface area contributed by atoms with Gasteiger partial charge in [0, 0.05) is 24.6 Å². The van der Waals surface area contributed by atoms with Crippen molar-refractivity contribution in [3.05, 3.63) is 41.3 Å². The summed E-state index contributed by atoms with van der Waals surface area (Å²) in [7, 11) is -3.71. The van der Waals surface area contributed by atoms with Gasteiger partial charge in [-0.3, -0.25) is 14.5 Å². The summed E-state index contributed by atoms with van der Waals surface area (Å²) in [6.07, 6.45) is 3.58. The minimum Gasteiger partial charge on any atom is -0.360 e. The molecule has 0 saturated carbocycles. The highest BCUT2D eigenvalue weighted by Gasteiger charge is 2.23. The lowest BCUT2D eigenvalue weighted by Gasteiger charge is -2.11. The van der Waals surface area contributed by atoms with Gasteiger partial charge in [0.2, 0.25) is 0 Å². The van der Waals surface area contributed by atoms with Crippen LogP contribution in [0.3, 0.4) is 0 Å². The number of rotatable bonds is 5. The van der Waals surface area contributed by atoms with Crippen LogP contribution in [0.1, 0.15) is 67.3 Å². The monoisotopic (exact) mass is 418 g/mol. The lowest BCUT2D eigenvalue weighted by atomic mass is 10.0. The lowest BCUT2D eigenvalue weighted by Crippen LogP contribution is -2.30. The quantitative estimate of drug-likeness (QED) is 0.770. The van der Waals surface area contributed by atoms with Crippen LogP contribution < -0.4 is 10.0 Å². The number of carbonyl (C=O) groups excluding carboxylic acids is 1. The van der Waals surface area contributed by atoms with Crippen LogP contribution >= 0.6 is 0 Å². The fraction of sp³-hybridized carbons (Fsp3) is 0.450. The molecule has 0 spiro atoms. The molecule has 1 aromatic heterocycles. The van der Waals surface area contributed by atoms with Crippen molar-refractivity contribution in [2.24, 2.45) is 4.99 Å². The highest BCUT2D eigenvalue weighted by Crippen LogP contribution is 2.24. The van der Waals surface area contributed by atoms with Gasteiger partial charge < -0.3 is 9.84 Å². The Labute approximate surface area is 170 Å². The SMILES string of the molecule is Cc1noc(C(C)C)c1C(=O)Nc1ccc(S(=O)(=O)NC2=NCCCCC2)cc1. The molecule has 2 N–H and O–H groups in total. The Kier molecular flexibility index (Phi) is 6.36. The van der Waals surface area contributed by atoms with Crippen LogP contribution in [0.4, 0.5) is 5.69 Å². The summed E-state index contributed by atoms with van der Waals surface area (Å²) >= 11 is 0. The number of anilines is 1. The van der Waals surface area contributed by atoms with Crippen molar-refractivity contribution in [3.63, 3.8) is 0 Å². The summed E-state index contributed by atoms with van der Waals surface area (Å²) in [4.78, 5) is 17.1. The summed E-state index contributed by atoms with van der Waals surface area (Å²) in [6, 6.07) is 6.02.